The molecule has 0 aromatic carbocycles. The van der Waals surface area contributed by atoms with Crippen molar-refractivity contribution in [1.29, 1.82) is 0 Å². The van der Waals surface area contributed by atoms with Crippen LogP contribution in [0.2, 0.25) is 0 Å². The summed E-state index contributed by atoms with van der Waals surface area (Å²) in [5, 5.41) is 11.6. The van der Waals surface area contributed by atoms with E-state index in [0.29, 0.717) is 23.7 Å². The molecule has 0 amide bonds. The summed E-state index contributed by atoms with van der Waals surface area (Å²) in [4.78, 5) is 2.59. The molecule has 144 valence electrons. The van der Waals surface area contributed by atoms with Crippen LogP contribution in [0.25, 0.3) is 0 Å². The molecule has 2 heteroatoms. The summed E-state index contributed by atoms with van der Waals surface area (Å²) >= 11 is 0. The molecule has 2 nitrogen and oxygen atoms in total. The maximum Gasteiger partial charge on any atom is 0.0676 e. The Morgan fingerprint density at radius 2 is 2.15 bits per heavy atom. The zero-order valence-electron chi connectivity index (χ0n) is 16.8. The van der Waals surface area contributed by atoms with Crippen LogP contribution in [0.15, 0.2) is 58.4 Å². The van der Waals surface area contributed by atoms with Gasteiger partial charge in [0.2, 0.25) is 0 Å². The number of aliphatic hydroxyl groups excluding tert-OH is 1. The van der Waals surface area contributed by atoms with Crippen molar-refractivity contribution in [2.75, 3.05) is 13.1 Å². The van der Waals surface area contributed by atoms with Gasteiger partial charge in [-0.15, -0.1) is 0 Å². The molecule has 0 aromatic heterocycles. The fourth-order valence-electron chi connectivity index (χ4n) is 6.46. The maximum absolute atomic E-state index is 11.6. The molecule has 3 aliphatic carbocycles. The van der Waals surface area contributed by atoms with Crippen LogP contribution >= 0.6 is 0 Å². The molecule has 0 bridgehead atoms. The Hall–Kier alpha value is -1.54. The predicted molar refractivity (Wildman–Crippen MR) is 111 cm³/mol. The van der Waals surface area contributed by atoms with Gasteiger partial charge in [-0.2, -0.15) is 0 Å². The van der Waals surface area contributed by atoms with Gasteiger partial charge in [0.25, 0.3) is 0 Å². The van der Waals surface area contributed by atoms with Crippen LogP contribution in [0.3, 0.4) is 0 Å². The van der Waals surface area contributed by atoms with E-state index in [1.807, 2.05) is 0 Å². The van der Waals surface area contributed by atoms with E-state index in [1.165, 1.54) is 30.5 Å². The van der Waals surface area contributed by atoms with Gasteiger partial charge in [-0.3, -0.25) is 0 Å². The number of hydrogen-bond acceptors (Lipinski definition) is 2. The van der Waals surface area contributed by atoms with Gasteiger partial charge in [0.1, 0.15) is 0 Å². The van der Waals surface area contributed by atoms with Gasteiger partial charge in [-0.1, -0.05) is 50.1 Å². The minimum absolute atomic E-state index is 0.219. The molecule has 2 heterocycles. The van der Waals surface area contributed by atoms with Crippen molar-refractivity contribution in [2.45, 2.75) is 58.5 Å². The highest BCUT2D eigenvalue weighted by molar-refractivity contribution is 5.55. The van der Waals surface area contributed by atoms with Gasteiger partial charge in [-0.05, 0) is 60.8 Å². The Morgan fingerprint density at radius 3 is 3.00 bits per heavy atom. The first-order valence-electron chi connectivity index (χ1n) is 11.1. The summed E-state index contributed by atoms with van der Waals surface area (Å²) in [5.41, 5.74) is 7.84. The van der Waals surface area contributed by atoms with E-state index in [-0.39, 0.29) is 6.10 Å². The van der Waals surface area contributed by atoms with E-state index >= 15 is 0 Å². The molecule has 0 saturated carbocycles. The second-order valence-electron chi connectivity index (χ2n) is 9.21. The zero-order valence-corrected chi connectivity index (χ0v) is 16.8. The molecule has 0 spiro atoms. The molecule has 5 rings (SSSR count). The lowest BCUT2D eigenvalue weighted by molar-refractivity contribution is 0.0510. The maximum atomic E-state index is 11.6. The molecule has 1 saturated heterocycles. The number of piperidine rings is 1. The van der Waals surface area contributed by atoms with Crippen molar-refractivity contribution in [3.05, 3.63) is 58.4 Å². The molecule has 5 aliphatic rings. The summed E-state index contributed by atoms with van der Waals surface area (Å²) in [6.07, 6.45) is 18.5. The first-order chi connectivity index (χ1) is 13.2. The van der Waals surface area contributed by atoms with Gasteiger partial charge in [0.05, 0.1) is 6.10 Å². The van der Waals surface area contributed by atoms with Gasteiger partial charge >= 0.3 is 0 Å². The number of rotatable bonds is 2. The second kappa shape index (κ2) is 6.81. The number of hydrogen-bond donors (Lipinski definition) is 1. The van der Waals surface area contributed by atoms with E-state index in [4.69, 9.17) is 0 Å². The SMILES string of the molecule is CCC(C)C1C2=C3C(=C4C=CCCC4C1O)CN1CC=CC=C1C3CCC2. The fraction of sp³-hybridized carbons (Fsp3) is 0.600. The topological polar surface area (TPSA) is 23.5 Å². The van der Waals surface area contributed by atoms with E-state index in [0.717, 1.165) is 32.4 Å². The number of allylic oxidation sites excluding steroid dienone is 5. The van der Waals surface area contributed by atoms with Crippen LogP contribution in [0.5, 0.6) is 0 Å². The molecule has 1 fully saturated rings. The van der Waals surface area contributed by atoms with Crippen molar-refractivity contribution in [3.63, 3.8) is 0 Å². The lowest BCUT2D eigenvalue weighted by atomic mass is 9.68. The quantitative estimate of drug-likeness (QED) is 0.733. The van der Waals surface area contributed by atoms with Gasteiger partial charge in [0, 0.05) is 36.5 Å². The zero-order chi connectivity index (χ0) is 18.5. The molecule has 0 radical (unpaired) electrons. The number of fused-ring (bicyclic) bond motifs is 3. The minimum Gasteiger partial charge on any atom is -0.392 e. The van der Waals surface area contributed by atoms with Crippen LogP contribution in [-0.4, -0.2) is 29.2 Å². The summed E-state index contributed by atoms with van der Waals surface area (Å²) in [5.74, 6) is 1.75. The van der Waals surface area contributed by atoms with E-state index in [2.05, 4.69) is 49.1 Å². The van der Waals surface area contributed by atoms with Crippen LogP contribution in [0.4, 0.5) is 0 Å². The van der Waals surface area contributed by atoms with Crippen LogP contribution in [0.1, 0.15) is 52.4 Å². The van der Waals surface area contributed by atoms with Gasteiger partial charge in [0.15, 0.2) is 0 Å². The lowest BCUT2D eigenvalue weighted by Gasteiger charge is -2.45. The first kappa shape index (κ1) is 17.6. The van der Waals surface area contributed by atoms with Gasteiger partial charge < -0.3 is 10.0 Å². The second-order valence-corrected chi connectivity index (χ2v) is 9.21. The Bertz CT molecular complexity index is 780. The third-order valence-corrected chi connectivity index (χ3v) is 7.89. The molecule has 2 aliphatic heterocycles. The standard InChI is InChI=1S/C25H33NO/c1-3-16(2)23-20-12-8-11-19-22-13-6-7-14-26(22)15-21(24(19)20)17-9-4-5-10-18(17)25(23)27/h4,6-7,9,13,16,18-19,23,25,27H,3,5,8,10-12,14-15H2,1-2H3. The third kappa shape index (κ3) is 2.63. The molecular formula is C25H33NO. The smallest absolute Gasteiger partial charge is 0.0676 e. The van der Waals surface area contributed by atoms with Crippen LogP contribution < -0.4 is 0 Å². The minimum atomic E-state index is -0.219. The highest BCUT2D eigenvalue weighted by Crippen LogP contribution is 2.53. The van der Waals surface area contributed by atoms with Crippen molar-refractivity contribution in [2.24, 2.45) is 23.7 Å². The average Bonchev–Trinajstić information content (AvgIpc) is 2.82. The summed E-state index contributed by atoms with van der Waals surface area (Å²) in [6, 6.07) is 0. The Morgan fingerprint density at radius 1 is 1.26 bits per heavy atom. The lowest BCUT2D eigenvalue weighted by Crippen LogP contribution is -2.40. The van der Waals surface area contributed by atoms with Crippen molar-refractivity contribution in [1.82, 2.24) is 4.90 Å². The van der Waals surface area contributed by atoms with E-state index in [9.17, 15) is 5.11 Å². The van der Waals surface area contributed by atoms with Crippen molar-refractivity contribution >= 4 is 0 Å². The summed E-state index contributed by atoms with van der Waals surface area (Å²) < 4.78 is 0. The predicted octanol–water partition coefficient (Wildman–Crippen LogP) is 5.15. The van der Waals surface area contributed by atoms with Crippen molar-refractivity contribution < 1.29 is 5.11 Å². The normalized spacial score (nSPS) is 36.0. The summed E-state index contributed by atoms with van der Waals surface area (Å²) in [7, 11) is 0. The highest BCUT2D eigenvalue weighted by Gasteiger charge is 2.46. The van der Waals surface area contributed by atoms with E-state index in [1.54, 1.807) is 16.7 Å². The Labute approximate surface area is 164 Å². The molecular weight excluding hydrogens is 330 g/mol. The molecule has 0 aromatic rings. The Balaban J connectivity index is 1.75. The monoisotopic (exact) mass is 363 g/mol. The molecule has 1 N–H and O–H groups in total. The molecule has 5 unspecified atom stereocenters. The third-order valence-electron chi connectivity index (χ3n) is 7.89. The molecule has 27 heavy (non-hydrogen) atoms. The first-order valence-corrected chi connectivity index (χ1v) is 11.1. The highest BCUT2D eigenvalue weighted by atomic mass is 16.3. The van der Waals surface area contributed by atoms with Gasteiger partial charge in [-0.25, -0.2) is 0 Å². The largest absolute Gasteiger partial charge is 0.392 e. The van der Waals surface area contributed by atoms with Crippen molar-refractivity contribution in [3.8, 4) is 0 Å². The average molecular weight is 364 g/mol. The van der Waals surface area contributed by atoms with Crippen LogP contribution in [0, 0.1) is 23.7 Å². The summed E-state index contributed by atoms with van der Waals surface area (Å²) in [6.45, 7) is 6.72. The van der Waals surface area contributed by atoms with Crippen LogP contribution in [-0.2, 0) is 0 Å². The molecule has 5 atom stereocenters. The number of nitrogens with zero attached hydrogens (tertiary/aromatic N) is 1. The Kier molecular flexibility index (Phi) is 4.43. The number of aliphatic hydroxyl groups is 1. The van der Waals surface area contributed by atoms with E-state index < -0.39 is 0 Å². The fourth-order valence-corrected chi connectivity index (χ4v) is 6.46.